The van der Waals surface area contributed by atoms with Crippen LogP contribution in [0.15, 0.2) is 0 Å². The average molecular weight is 209 g/mol. The standard InChI is InChI=1S/C10H18F3N/c1-3-14-8-4-5-9(7(2)6-8)10(11,12)13/h7-9,14H,3-6H2,1-2H3. The summed E-state index contributed by atoms with van der Waals surface area (Å²) in [4.78, 5) is 0. The molecule has 1 saturated carbocycles. The van der Waals surface area contributed by atoms with Crippen LogP contribution < -0.4 is 5.32 Å². The Balaban J connectivity index is 2.48. The molecule has 3 unspecified atom stereocenters. The Bertz CT molecular complexity index is 179. The zero-order valence-corrected chi connectivity index (χ0v) is 8.69. The van der Waals surface area contributed by atoms with Crippen molar-refractivity contribution >= 4 is 0 Å². The molecule has 4 heteroatoms. The molecule has 1 aliphatic rings. The van der Waals surface area contributed by atoms with Crippen molar-refractivity contribution in [2.45, 2.75) is 45.3 Å². The van der Waals surface area contributed by atoms with Crippen LogP contribution in [0.5, 0.6) is 0 Å². The maximum absolute atomic E-state index is 12.5. The summed E-state index contributed by atoms with van der Waals surface area (Å²) in [6.07, 6.45) is -2.42. The number of nitrogens with one attached hydrogen (secondary N) is 1. The van der Waals surface area contributed by atoms with E-state index < -0.39 is 12.1 Å². The van der Waals surface area contributed by atoms with Gasteiger partial charge in [-0.1, -0.05) is 13.8 Å². The molecule has 1 nitrogen and oxygen atoms in total. The summed E-state index contributed by atoms with van der Waals surface area (Å²) in [5.41, 5.74) is 0. The molecule has 84 valence electrons. The van der Waals surface area contributed by atoms with E-state index in [4.69, 9.17) is 0 Å². The largest absolute Gasteiger partial charge is 0.392 e. The van der Waals surface area contributed by atoms with E-state index in [0.717, 1.165) is 6.54 Å². The summed E-state index contributed by atoms with van der Waals surface area (Å²) >= 11 is 0. The minimum atomic E-state index is -4.00. The highest BCUT2D eigenvalue weighted by molar-refractivity contribution is 4.84. The number of hydrogen-bond acceptors (Lipinski definition) is 1. The van der Waals surface area contributed by atoms with Crippen molar-refractivity contribution < 1.29 is 13.2 Å². The Morgan fingerprint density at radius 3 is 2.36 bits per heavy atom. The molecule has 0 spiro atoms. The van der Waals surface area contributed by atoms with E-state index >= 15 is 0 Å². The minimum absolute atomic E-state index is 0.243. The molecule has 1 rings (SSSR count). The summed E-state index contributed by atoms with van der Waals surface area (Å²) in [6.45, 7) is 4.54. The zero-order valence-electron chi connectivity index (χ0n) is 8.69. The van der Waals surface area contributed by atoms with Gasteiger partial charge < -0.3 is 5.32 Å². The lowest BCUT2D eigenvalue weighted by atomic mass is 9.77. The smallest absolute Gasteiger partial charge is 0.314 e. The predicted octanol–water partition coefficient (Wildman–Crippen LogP) is 2.96. The normalized spacial score (nSPS) is 34.5. The fourth-order valence-corrected chi connectivity index (χ4v) is 2.36. The van der Waals surface area contributed by atoms with Crippen LogP contribution in [-0.2, 0) is 0 Å². The number of rotatable bonds is 2. The molecule has 1 fully saturated rings. The van der Waals surface area contributed by atoms with Crippen LogP contribution in [0.1, 0.15) is 33.1 Å². The molecule has 3 atom stereocenters. The third-order valence-corrected chi connectivity index (χ3v) is 3.08. The maximum Gasteiger partial charge on any atom is 0.392 e. The van der Waals surface area contributed by atoms with Crippen LogP contribution in [0.25, 0.3) is 0 Å². The molecular formula is C10H18F3N. The van der Waals surface area contributed by atoms with E-state index in [1.54, 1.807) is 6.92 Å². The van der Waals surface area contributed by atoms with E-state index in [1.807, 2.05) is 6.92 Å². The van der Waals surface area contributed by atoms with Crippen molar-refractivity contribution in [2.75, 3.05) is 6.54 Å². The summed E-state index contributed by atoms with van der Waals surface area (Å²) in [5.74, 6) is -1.33. The van der Waals surface area contributed by atoms with Crippen LogP contribution in [-0.4, -0.2) is 18.8 Å². The van der Waals surface area contributed by atoms with Crippen LogP contribution in [0.4, 0.5) is 13.2 Å². The quantitative estimate of drug-likeness (QED) is 0.737. The Morgan fingerprint density at radius 2 is 1.93 bits per heavy atom. The van der Waals surface area contributed by atoms with Crippen molar-refractivity contribution in [2.24, 2.45) is 11.8 Å². The highest BCUT2D eigenvalue weighted by atomic mass is 19.4. The lowest BCUT2D eigenvalue weighted by Gasteiger charge is -2.35. The molecule has 0 aliphatic heterocycles. The van der Waals surface area contributed by atoms with E-state index in [0.29, 0.717) is 12.8 Å². The summed E-state index contributed by atoms with van der Waals surface area (Å²) in [5, 5.41) is 3.22. The summed E-state index contributed by atoms with van der Waals surface area (Å²) in [6, 6.07) is 0.286. The molecule has 1 aliphatic carbocycles. The van der Waals surface area contributed by atoms with Crippen molar-refractivity contribution in [1.82, 2.24) is 5.32 Å². The second-order valence-electron chi connectivity index (χ2n) is 4.19. The van der Waals surface area contributed by atoms with Crippen LogP contribution in [0, 0.1) is 11.8 Å². The molecular weight excluding hydrogens is 191 g/mol. The Morgan fingerprint density at radius 1 is 1.29 bits per heavy atom. The molecule has 0 amide bonds. The number of hydrogen-bond donors (Lipinski definition) is 1. The minimum Gasteiger partial charge on any atom is -0.314 e. The number of alkyl halides is 3. The molecule has 0 radical (unpaired) electrons. The molecule has 14 heavy (non-hydrogen) atoms. The van der Waals surface area contributed by atoms with E-state index in [9.17, 15) is 13.2 Å². The van der Waals surface area contributed by atoms with Gasteiger partial charge in [0.25, 0.3) is 0 Å². The lowest BCUT2D eigenvalue weighted by molar-refractivity contribution is -0.195. The number of halogens is 3. The van der Waals surface area contributed by atoms with Gasteiger partial charge in [-0.25, -0.2) is 0 Å². The Kier molecular flexibility index (Phi) is 3.81. The topological polar surface area (TPSA) is 12.0 Å². The van der Waals surface area contributed by atoms with Crippen molar-refractivity contribution in [3.63, 3.8) is 0 Å². The second-order valence-corrected chi connectivity index (χ2v) is 4.19. The van der Waals surface area contributed by atoms with E-state index in [2.05, 4.69) is 5.32 Å². The highest BCUT2D eigenvalue weighted by Gasteiger charge is 2.45. The molecule has 0 bridgehead atoms. The monoisotopic (exact) mass is 209 g/mol. The summed E-state index contributed by atoms with van der Waals surface area (Å²) in [7, 11) is 0. The Hall–Kier alpha value is -0.250. The third kappa shape index (κ3) is 2.87. The van der Waals surface area contributed by atoms with Crippen molar-refractivity contribution in [1.29, 1.82) is 0 Å². The molecule has 0 saturated heterocycles. The SMILES string of the molecule is CCNC1CCC(C(F)(F)F)C(C)C1. The molecule has 1 N–H and O–H groups in total. The average Bonchev–Trinajstić information content (AvgIpc) is 2.02. The highest BCUT2D eigenvalue weighted by Crippen LogP contribution is 2.41. The van der Waals surface area contributed by atoms with Gasteiger partial charge >= 0.3 is 6.18 Å². The van der Waals surface area contributed by atoms with Gasteiger partial charge in [0.05, 0.1) is 5.92 Å². The van der Waals surface area contributed by atoms with E-state index in [-0.39, 0.29) is 18.4 Å². The zero-order chi connectivity index (χ0) is 10.8. The van der Waals surface area contributed by atoms with Gasteiger partial charge in [0, 0.05) is 6.04 Å². The van der Waals surface area contributed by atoms with Crippen LogP contribution >= 0.6 is 0 Å². The van der Waals surface area contributed by atoms with Gasteiger partial charge in [-0.2, -0.15) is 13.2 Å². The van der Waals surface area contributed by atoms with Gasteiger partial charge in [-0.3, -0.25) is 0 Å². The third-order valence-electron chi connectivity index (χ3n) is 3.08. The van der Waals surface area contributed by atoms with Crippen molar-refractivity contribution in [3.05, 3.63) is 0 Å². The second kappa shape index (κ2) is 4.51. The molecule has 0 aromatic carbocycles. The van der Waals surface area contributed by atoms with Gasteiger partial charge in [-0.15, -0.1) is 0 Å². The van der Waals surface area contributed by atoms with Gasteiger partial charge in [0.2, 0.25) is 0 Å². The first-order valence-electron chi connectivity index (χ1n) is 5.25. The first kappa shape index (κ1) is 11.8. The first-order valence-corrected chi connectivity index (χ1v) is 5.25. The first-order chi connectivity index (χ1) is 6.45. The van der Waals surface area contributed by atoms with E-state index in [1.165, 1.54) is 0 Å². The van der Waals surface area contributed by atoms with Crippen molar-refractivity contribution in [3.8, 4) is 0 Å². The maximum atomic E-state index is 12.5. The van der Waals surface area contributed by atoms with Gasteiger partial charge in [0.15, 0.2) is 0 Å². The summed E-state index contributed by atoms with van der Waals surface area (Å²) < 4.78 is 37.5. The molecule has 0 aromatic rings. The molecule has 0 aromatic heterocycles. The van der Waals surface area contributed by atoms with Crippen LogP contribution in [0.2, 0.25) is 0 Å². The Labute approximate surface area is 83.1 Å². The fourth-order valence-electron chi connectivity index (χ4n) is 2.36. The fraction of sp³-hybridized carbons (Fsp3) is 1.00. The van der Waals surface area contributed by atoms with Gasteiger partial charge in [0.1, 0.15) is 0 Å². The predicted molar refractivity (Wildman–Crippen MR) is 50.0 cm³/mol. The molecule has 0 heterocycles. The van der Waals surface area contributed by atoms with Crippen LogP contribution in [0.3, 0.4) is 0 Å². The van der Waals surface area contributed by atoms with Gasteiger partial charge in [-0.05, 0) is 31.7 Å². The lowest BCUT2D eigenvalue weighted by Crippen LogP contribution is -2.41.